The number of benzene rings is 2. The third-order valence-corrected chi connectivity index (χ3v) is 4.62. The lowest BCUT2D eigenvalue weighted by Crippen LogP contribution is -2.42. The van der Waals surface area contributed by atoms with Gasteiger partial charge in [-0.05, 0) is 25.1 Å². The van der Waals surface area contributed by atoms with Gasteiger partial charge in [-0.3, -0.25) is 4.79 Å². The van der Waals surface area contributed by atoms with Gasteiger partial charge in [-0.25, -0.2) is 5.43 Å². The van der Waals surface area contributed by atoms with Crippen molar-refractivity contribution in [1.82, 2.24) is 9.99 Å². The minimum Gasteiger partial charge on any atom is -0.485 e. The van der Waals surface area contributed by atoms with E-state index in [2.05, 4.69) is 21.2 Å². The van der Waals surface area contributed by atoms with Gasteiger partial charge in [-0.1, -0.05) is 30.3 Å². The minimum atomic E-state index is -0.726. The van der Waals surface area contributed by atoms with Crippen LogP contribution in [0.2, 0.25) is 0 Å². The van der Waals surface area contributed by atoms with Crippen molar-refractivity contribution in [1.29, 1.82) is 0 Å². The molecule has 1 aromatic heterocycles. The number of amides is 1. The number of rotatable bonds is 3. The second-order valence-corrected chi connectivity index (χ2v) is 6.17. The van der Waals surface area contributed by atoms with Gasteiger partial charge in [0.05, 0.1) is 6.21 Å². The van der Waals surface area contributed by atoms with Gasteiger partial charge in [0, 0.05) is 29.2 Å². The monoisotopic (exact) mass is 349 g/mol. The fraction of sp³-hybridized carbons (Fsp3) is 0.200. The lowest BCUT2D eigenvalue weighted by Gasteiger charge is -2.24. The first kappa shape index (κ1) is 16.2. The van der Waals surface area contributed by atoms with Crippen molar-refractivity contribution in [2.75, 3.05) is 6.61 Å². The van der Waals surface area contributed by atoms with Crippen LogP contribution in [-0.2, 0) is 11.8 Å². The summed E-state index contributed by atoms with van der Waals surface area (Å²) in [6.45, 7) is 2.18. The fourth-order valence-corrected chi connectivity index (χ4v) is 3.09. The van der Waals surface area contributed by atoms with E-state index in [9.17, 15) is 4.79 Å². The largest absolute Gasteiger partial charge is 0.485 e. The zero-order valence-corrected chi connectivity index (χ0v) is 14.6. The van der Waals surface area contributed by atoms with Gasteiger partial charge >= 0.3 is 0 Å². The van der Waals surface area contributed by atoms with Gasteiger partial charge in [0.1, 0.15) is 6.61 Å². The summed E-state index contributed by atoms with van der Waals surface area (Å²) in [6.07, 6.45) is 0.948. The summed E-state index contributed by atoms with van der Waals surface area (Å²) in [5, 5.41) is 5.22. The number of nitrogens with zero attached hydrogens (tertiary/aromatic N) is 2. The average molecular weight is 349 g/mol. The molecule has 0 unspecified atom stereocenters. The van der Waals surface area contributed by atoms with Crippen LogP contribution in [-0.4, -0.2) is 29.4 Å². The van der Waals surface area contributed by atoms with E-state index in [1.807, 2.05) is 50.4 Å². The molecule has 3 aromatic rings. The van der Waals surface area contributed by atoms with Crippen LogP contribution in [0.5, 0.6) is 11.5 Å². The Morgan fingerprint density at radius 1 is 1.19 bits per heavy atom. The highest BCUT2D eigenvalue weighted by atomic mass is 16.6. The number of carbonyl (C=O) groups excluding carboxylic acids is 1. The number of aryl methyl sites for hydroxylation is 1. The Bertz CT molecular complexity index is 1010. The first-order valence-corrected chi connectivity index (χ1v) is 8.40. The van der Waals surface area contributed by atoms with Crippen molar-refractivity contribution < 1.29 is 14.3 Å². The molecule has 132 valence electrons. The molecule has 0 spiro atoms. The van der Waals surface area contributed by atoms with Crippen LogP contribution < -0.4 is 14.9 Å². The first-order valence-electron chi connectivity index (χ1n) is 8.40. The maximum Gasteiger partial charge on any atom is 0.284 e. The zero-order valence-electron chi connectivity index (χ0n) is 14.6. The number of para-hydroxylation sites is 3. The molecule has 26 heavy (non-hydrogen) atoms. The Hall–Kier alpha value is -3.28. The fourth-order valence-electron chi connectivity index (χ4n) is 3.09. The number of carbonyl (C=O) groups is 1. The number of hydrogen-bond acceptors (Lipinski definition) is 4. The second-order valence-electron chi connectivity index (χ2n) is 6.17. The molecular weight excluding hydrogens is 330 g/mol. The number of fused-ring (bicyclic) bond motifs is 2. The zero-order chi connectivity index (χ0) is 18.1. The van der Waals surface area contributed by atoms with Gasteiger partial charge < -0.3 is 14.0 Å². The molecule has 4 rings (SSSR count). The number of nitrogens with one attached hydrogen (secondary N) is 1. The molecule has 2 aromatic carbocycles. The van der Waals surface area contributed by atoms with Crippen molar-refractivity contribution in [3.8, 4) is 11.5 Å². The molecule has 0 saturated carbocycles. The summed E-state index contributed by atoms with van der Waals surface area (Å²) >= 11 is 0. The molecule has 0 fully saturated rings. The third-order valence-electron chi connectivity index (χ3n) is 4.62. The lowest BCUT2D eigenvalue weighted by atomic mass is 10.1. The topological polar surface area (TPSA) is 64.8 Å². The first-order chi connectivity index (χ1) is 12.6. The Labute approximate surface area is 151 Å². The normalized spacial score (nSPS) is 16.2. The molecule has 1 amide bonds. The van der Waals surface area contributed by atoms with Gasteiger partial charge in [0.25, 0.3) is 5.91 Å². The summed E-state index contributed by atoms with van der Waals surface area (Å²) in [5.41, 5.74) is 5.73. The minimum absolute atomic E-state index is 0.158. The standard InChI is InChI=1S/C20H19N3O3/c1-13-15(14-7-3-4-8-16(14)23(13)2)11-21-22-20(24)19-12-25-17-9-5-6-10-18(17)26-19/h3-11,19H,12H2,1-2H3,(H,22,24)/t19-/m1/s1. The van der Waals surface area contributed by atoms with E-state index in [1.165, 1.54) is 0 Å². The highest BCUT2D eigenvalue weighted by molar-refractivity contribution is 6.01. The van der Waals surface area contributed by atoms with E-state index in [-0.39, 0.29) is 12.5 Å². The Morgan fingerprint density at radius 2 is 1.92 bits per heavy atom. The molecule has 0 bridgehead atoms. The highest BCUT2D eigenvalue weighted by Crippen LogP contribution is 2.30. The van der Waals surface area contributed by atoms with Crippen LogP contribution in [0.25, 0.3) is 10.9 Å². The molecule has 2 heterocycles. The summed E-state index contributed by atoms with van der Waals surface area (Å²) in [5.74, 6) is 0.868. The summed E-state index contributed by atoms with van der Waals surface area (Å²) in [7, 11) is 2.01. The van der Waals surface area contributed by atoms with Gasteiger partial charge in [0.15, 0.2) is 11.5 Å². The molecule has 1 N–H and O–H groups in total. The predicted molar refractivity (Wildman–Crippen MR) is 99.7 cm³/mol. The third kappa shape index (κ3) is 2.79. The van der Waals surface area contributed by atoms with Crippen molar-refractivity contribution in [3.05, 3.63) is 59.8 Å². The highest BCUT2D eigenvalue weighted by Gasteiger charge is 2.27. The van der Waals surface area contributed by atoms with Crippen LogP contribution in [0.15, 0.2) is 53.6 Å². The Morgan fingerprint density at radius 3 is 2.77 bits per heavy atom. The molecular formula is C20H19N3O3. The van der Waals surface area contributed by atoms with Crippen molar-refractivity contribution in [2.45, 2.75) is 13.0 Å². The Balaban J connectivity index is 1.48. The second kappa shape index (κ2) is 6.55. The number of ether oxygens (including phenoxy) is 2. The summed E-state index contributed by atoms with van der Waals surface area (Å²) in [4.78, 5) is 12.3. The Kier molecular flexibility index (Phi) is 4.08. The molecule has 0 aliphatic carbocycles. The van der Waals surface area contributed by atoms with E-state index < -0.39 is 6.10 Å². The molecule has 1 atom stereocenters. The molecule has 1 aliphatic rings. The van der Waals surface area contributed by atoms with Crippen LogP contribution >= 0.6 is 0 Å². The summed E-state index contributed by atoms with van der Waals surface area (Å²) in [6, 6.07) is 15.4. The number of hydrazone groups is 1. The van der Waals surface area contributed by atoms with E-state index in [0.29, 0.717) is 11.5 Å². The van der Waals surface area contributed by atoms with Crippen molar-refractivity contribution >= 4 is 23.0 Å². The van der Waals surface area contributed by atoms with Crippen LogP contribution in [0.4, 0.5) is 0 Å². The van der Waals surface area contributed by atoms with Crippen LogP contribution in [0, 0.1) is 6.92 Å². The van der Waals surface area contributed by atoms with Crippen molar-refractivity contribution in [3.63, 3.8) is 0 Å². The lowest BCUT2D eigenvalue weighted by molar-refractivity contribution is -0.130. The van der Waals surface area contributed by atoms with Gasteiger partial charge in [0.2, 0.25) is 6.10 Å². The van der Waals surface area contributed by atoms with E-state index >= 15 is 0 Å². The average Bonchev–Trinajstić information content (AvgIpc) is 2.92. The molecule has 0 saturated heterocycles. The van der Waals surface area contributed by atoms with E-state index in [0.717, 1.165) is 22.2 Å². The number of aromatic nitrogens is 1. The summed E-state index contributed by atoms with van der Waals surface area (Å²) < 4.78 is 13.3. The van der Waals surface area contributed by atoms with Gasteiger partial charge in [-0.15, -0.1) is 0 Å². The molecule has 6 nitrogen and oxygen atoms in total. The molecule has 0 radical (unpaired) electrons. The van der Waals surface area contributed by atoms with Crippen LogP contribution in [0.1, 0.15) is 11.3 Å². The maximum absolute atomic E-state index is 12.3. The molecule has 6 heteroatoms. The molecule has 1 aliphatic heterocycles. The predicted octanol–water partition coefficient (Wildman–Crippen LogP) is 2.78. The smallest absolute Gasteiger partial charge is 0.284 e. The maximum atomic E-state index is 12.3. The van der Waals surface area contributed by atoms with E-state index in [1.54, 1.807) is 12.3 Å². The SMILES string of the molecule is Cc1c(C=NNC(=O)[C@H]2COc3ccccc3O2)c2ccccc2n1C. The van der Waals surface area contributed by atoms with Crippen LogP contribution in [0.3, 0.4) is 0 Å². The van der Waals surface area contributed by atoms with Crippen molar-refractivity contribution in [2.24, 2.45) is 12.1 Å². The quantitative estimate of drug-likeness (QED) is 0.584. The van der Waals surface area contributed by atoms with Gasteiger partial charge in [-0.2, -0.15) is 5.10 Å². The number of hydrogen-bond donors (Lipinski definition) is 1. The van der Waals surface area contributed by atoms with E-state index in [4.69, 9.17) is 9.47 Å².